The van der Waals surface area contributed by atoms with Gasteiger partial charge in [0.05, 0.1) is 0 Å². The Kier molecular flexibility index (Phi) is 5.69. The van der Waals surface area contributed by atoms with E-state index in [1.54, 1.807) is 4.90 Å². The second-order valence-corrected chi connectivity index (χ2v) is 8.76. The molecular formula is C22H30N4O3. The van der Waals surface area contributed by atoms with Crippen molar-refractivity contribution in [3.8, 4) is 0 Å². The summed E-state index contributed by atoms with van der Waals surface area (Å²) in [5, 5.41) is 5.91. The molecule has 1 unspecified atom stereocenters. The SMILES string of the molecule is NCC1(CNCc2ccc3c(c2)CN(C2CCC(=O)NC2=O)C3=O)CCCCC1. The van der Waals surface area contributed by atoms with Crippen LogP contribution in [-0.4, -0.2) is 41.8 Å². The van der Waals surface area contributed by atoms with E-state index in [4.69, 9.17) is 5.73 Å². The number of amides is 3. The van der Waals surface area contributed by atoms with Crippen LogP contribution < -0.4 is 16.4 Å². The molecule has 2 fully saturated rings. The maximum atomic E-state index is 12.8. The first-order chi connectivity index (χ1) is 14.0. The highest BCUT2D eigenvalue weighted by molar-refractivity contribution is 6.05. The highest BCUT2D eigenvalue weighted by Crippen LogP contribution is 2.35. The Morgan fingerprint density at radius 2 is 1.97 bits per heavy atom. The predicted molar refractivity (Wildman–Crippen MR) is 109 cm³/mol. The van der Waals surface area contributed by atoms with Crippen LogP contribution in [-0.2, 0) is 22.7 Å². The minimum absolute atomic E-state index is 0.127. The number of rotatable bonds is 6. The van der Waals surface area contributed by atoms with Crippen LogP contribution in [0.25, 0.3) is 0 Å². The first-order valence-electron chi connectivity index (χ1n) is 10.7. The maximum absolute atomic E-state index is 12.8. The Hall–Kier alpha value is -2.25. The fraction of sp³-hybridized carbons (Fsp3) is 0.591. The third kappa shape index (κ3) is 4.07. The minimum Gasteiger partial charge on any atom is -0.330 e. The lowest BCUT2D eigenvalue weighted by molar-refractivity contribution is -0.136. The molecule has 0 spiro atoms. The van der Waals surface area contributed by atoms with Gasteiger partial charge in [0.2, 0.25) is 11.8 Å². The lowest BCUT2D eigenvalue weighted by atomic mass is 9.74. The lowest BCUT2D eigenvalue weighted by Gasteiger charge is -2.36. The molecule has 156 valence electrons. The van der Waals surface area contributed by atoms with Gasteiger partial charge in [0.15, 0.2) is 0 Å². The molecule has 1 atom stereocenters. The van der Waals surface area contributed by atoms with Crippen LogP contribution in [0.5, 0.6) is 0 Å². The molecule has 1 saturated carbocycles. The normalized spacial score (nSPS) is 23.8. The number of hydrogen-bond acceptors (Lipinski definition) is 5. The highest BCUT2D eigenvalue weighted by atomic mass is 16.2. The number of nitrogens with zero attached hydrogens (tertiary/aromatic N) is 1. The molecule has 2 aliphatic heterocycles. The summed E-state index contributed by atoms with van der Waals surface area (Å²) in [6.45, 7) is 2.80. The van der Waals surface area contributed by atoms with Crippen molar-refractivity contribution >= 4 is 17.7 Å². The van der Waals surface area contributed by atoms with Gasteiger partial charge in [-0.15, -0.1) is 0 Å². The molecule has 3 amide bonds. The number of piperidine rings is 1. The van der Waals surface area contributed by atoms with Gasteiger partial charge in [-0.2, -0.15) is 0 Å². The number of carbonyl (C=O) groups excluding carboxylic acids is 3. The van der Waals surface area contributed by atoms with E-state index < -0.39 is 6.04 Å². The second kappa shape index (κ2) is 8.24. The average molecular weight is 399 g/mol. The van der Waals surface area contributed by atoms with Gasteiger partial charge in [0, 0.05) is 31.6 Å². The van der Waals surface area contributed by atoms with Gasteiger partial charge in [-0.1, -0.05) is 31.4 Å². The van der Waals surface area contributed by atoms with Crippen molar-refractivity contribution in [1.82, 2.24) is 15.5 Å². The fourth-order valence-corrected chi connectivity index (χ4v) is 4.96. The van der Waals surface area contributed by atoms with Crippen molar-refractivity contribution in [2.24, 2.45) is 11.1 Å². The largest absolute Gasteiger partial charge is 0.330 e. The summed E-state index contributed by atoms with van der Waals surface area (Å²) < 4.78 is 0. The van der Waals surface area contributed by atoms with Crippen molar-refractivity contribution in [2.75, 3.05) is 13.1 Å². The molecule has 1 aromatic rings. The van der Waals surface area contributed by atoms with E-state index in [0.717, 1.165) is 30.8 Å². The second-order valence-electron chi connectivity index (χ2n) is 8.76. The van der Waals surface area contributed by atoms with E-state index >= 15 is 0 Å². The summed E-state index contributed by atoms with van der Waals surface area (Å²) >= 11 is 0. The van der Waals surface area contributed by atoms with Gasteiger partial charge in [0.25, 0.3) is 5.91 Å². The van der Waals surface area contributed by atoms with Crippen LogP contribution in [0.15, 0.2) is 18.2 Å². The summed E-state index contributed by atoms with van der Waals surface area (Å²) in [5.41, 5.74) is 9.03. The van der Waals surface area contributed by atoms with E-state index in [-0.39, 0.29) is 29.6 Å². The number of fused-ring (bicyclic) bond motifs is 1. The van der Waals surface area contributed by atoms with Gasteiger partial charge in [-0.05, 0) is 48.4 Å². The third-order valence-electron chi connectivity index (χ3n) is 6.76. The van der Waals surface area contributed by atoms with Crippen molar-refractivity contribution < 1.29 is 14.4 Å². The Labute approximate surface area is 171 Å². The Morgan fingerprint density at radius 1 is 1.17 bits per heavy atom. The molecular weight excluding hydrogens is 368 g/mol. The van der Waals surface area contributed by atoms with Crippen LogP contribution in [0.1, 0.15) is 66.4 Å². The number of nitrogens with two attached hydrogens (primary N) is 1. The quantitative estimate of drug-likeness (QED) is 0.629. The van der Waals surface area contributed by atoms with Crippen LogP contribution in [0.3, 0.4) is 0 Å². The topological polar surface area (TPSA) is 105 Å². The van der Waals surface area contributed by atoms with E-state index in [0.29, 0.717) is 18.5 Å². The van der Waals surface area contributed by atoms with E-state index in [1.807, 2.05) is 12.1 Å². The molecule has 7 nitrogen and oxygen atoms in total. The standard InChI is InChI=1S/C22H30N4O3/c23-13-22(8-2-1-3-9-22)14-24-11-15-4-5-17-16(10-15)12-26(21(17)29)18-6-7-19(27)25-20(18)28/h4-5,10,18,24H,1-3,6-9,11-14,23H2,(H,25,27,28). The van der Waals surface area contributed by atoms with Gasteiger partial charge in [-0.25, -0.2) is 0 Å². The zero-order chi connectivity index (χ0) is 20.4. The van der Waals surface area contributed by atoms with Crippen molar-refractivity contribution in [1.29, 1.82) is 0 Å². The van der Waals surface area contributed by atoms with E-state index in [2.05, 4.69) is 16.7 Å². The maximum Gasteiger partial charge on any atom is 0.255 e. The van der Waals surface area contributed by atoms with Crippen LogP contribution in [0, 0.1) is 5.41 Å². The molecule has 0 bridgehead atoms. The molecule has 2 heterocycles. The van der Waals surface area contributed by atoms with E-state index in [9.17, 15) is 14.4 Å². The molecule has 4 N–H and O–H groups in total. The molecule has 1 aliphatic carbocycles. The molecule has 3 aliphatic rings. The van der Waals surface area contributed by atoms with E-state index in [1.165, 1.54) is 32.1 Å². The van der Waals surface area contributed by atoms with Crippen LogP contribution in [0.4, 0.5) is 0 Å². The molecule has 7 heteroatoms. The predicted octanol–water partition coefficient (Wildman–Crippen LogP) is 1.45. The van der Waals surface area contributed by atoms with Gasteiger partial charge in [-0.3, -0.25) is 19.7 Å². The highest BCUT2D eigenvalue weighted by Gasteiger charge is 2.39. The number of benzene rings is 1. The van der Waals surface area contributed by atoms with Gasteiger partial charge < -0.3 is 16.0 Å². The minimum atomic E-state index is -0.565. The first kappa shape index (κ1) is 20.0. The summed E-state index contributed by atoms with van der Waals surface area (Å²) in [7, 11) is 0. The van der Waals surface area contributed by atoms with Crippen molar-refractivity contribution in [2.45, 2.75) is 64.1 Å². The number of carbonyl (C=O) groups is 3. The smallest absolute Gasteiger partial charge is 0.255 e. The monoisotopic (exact) mass is 398 g/mol. The zero-order valence-electron chi connectivity index (χ0n) is 16.8. The van der Waals surface area contributed by atoms with Crippen molar-refractivity contribution in [3.05, 3.63) is 34.9 Å². The summed E-state index contributed by atoms with van der Waals surface area (Å²) in [6.07, 6.45) is 6.87. The molecule has 0 radical (unpaired) electrons. The molecule has 0 aromatic heterocycles. The summed E-state index contributed by atoms with van der Waals surface area (Å²) in [6, 6.07) is 5.33. The van der Waals surface area contributed by atoms with Crippen LogP contribution in [0.2, 0.25) is 0 Å². The molecule has 1 aromatic carbocycles. The summed E-state index contributed by atoms with van der Waals surface area (Å²) in [5.74, 6) is -0.765. The summed E-state index contributed by atoms with van der Waals surface area (Å²) in [4.78, 5) is 37.9. The first-order valence-corrected chi connectivity index (χ1v) is 10.7. The average Bonchev–Trinajstić information content (AvgIpc) is 3.04. The molecule has 29 heavy (non-hydrogen) atoms. The number of hydrogen-bond donors (Lipinski definition) is 3. The fourth-order valence-electron chi connectivity index (χ4n) is 4.96. The Balaban J connectivity index is 1.38. The Morgan fingerprint density at radius 3 is 2.69 bits per heavy atom. The Bertz CT molecular complexity index is 816. The molecule has 4 rings (SSSR count). The number of nitrogens with one attached hydrogen (secondary N) is 2. The zero-order valence-corrected chi connectivity index (χ0v) is 16.8. The van der Waals surface area contributed by atoms with Gasteiger partial charge >= 0.3 is 0 Å². The van der Waals surface area contributed by atoms with Gasteiger partial charge in [0.1, 0.15) is 6.04 Å². The van der Waals surface area contributed by atoms with Crippen molar-refractivity contribution in [3.63, 3.8) is 0 Å². The third-order valence-corrected chi connectivity index (χ3v) is 6.76. The molecule has 1 saturated heterocycles. The number of imide groups is 1. The van der Waals surface area contributed by atoms with Crippen LogP contribution >= 0.6 is 0 Å². The lowest BCUT2D eigenvalue weighted by Crippen LogP contribution is -2.52.